The predicted molar refractivity (Wildman–Crippen MR) is 56.9 cm³/mol. The Morgan fingerprint density at radius 2 is 2.50 bits per heavy atom. The summed E-state index contributed by atoms with van der Waals surface area (Å²) in [7, 11) is 1.91. The van der Waals surface area contributed by atoms with Crippen molar-refractivity contribution in [1.29, 1.82) is 0 Å². The first-order chi connectivity index (χ1) is 5.75. The molecular formula is C8H8IN3. The summed E-state index contributed by atoms with van der Waals surface area (Å²) >= 11 is 2.18. The summed E-state index contributed by atoms with van der Waals surface area (Å²) in [6.07, 6.45) is 8.46. The zero-order valence-corrected chi connectivity index (χ0v) is 8.82. The van der Waals surface area contributed by atoms with Crippen LogP contribution in [0.5, 0.6) is 0 Å². The highest BCUT2D eigenvalue weighted by atomic mass is 127. The molecule has 0 aliphatic carbocycles. The van der Waals surface area contributed by atoms with E-state index in [1.807, 2.05) is 11.9 Å². The van der Waals surface area contributed by atoms with Gasteiger partial charge in [-0.25, -0.2) is 9.97 Å². The second-order valence-corrected chi connectivity index (χ2v) is 3.42. The summed E-state index contributed by atoms with van der Waals surface area (Å²) in [6, 6.07) is 0. The van der Waals surface area contributed by atoms with E-state index in [0.717, 1.165) is 9.39 Å². The predicted octanol–water partition coefficient (Wildman–Crippen LogP) is 1.15. The number of hydrogen-bond donors (Lipinski definition) is 0. The van der Waals surface area contributed by atoms with E-state index in [9.17, 15) is 0 Å². The lowest BCUT2D eigenvalue weighted by Crippen LogP contribution is -2.19. The Kier molecular flexibility index (Phi) is 3.29. The van der Waals surface area contributed by atoms with Crippen LogP contribution in [0.25, 0.3) is 0 Å². The Morgan fingerprint density at radius 1 is 1.75 bits per heavy atom. The van der Waals surface area contributed by atoms with Gasteiger partial charge in [-0.2, -0.15) is 0 Å². The average molecular weight is 273 g/mol. The minimum Gasteiger partial charge on any atom is -0.348 e. The molecule has 0 aliphatic rings. The number of nitrogens with zero attached hydrogens (tertiary/aromatic N) is 3. The highest BCUT2D eigenvalue weighted by Gasteiger charge is 2.04. The molecule has 0 aliphatic heterocycles. The van der Waals surface area contributed by atoms with Gasteiger partial charge in [0.25, 0.3) is 0 Å². The zero-order valence-electron chi connectivity index (χ0n) is 6.66. The van der Waals surface area contributed by atoms with Crippen molar-refractivity contribution >= 4 is 28.4 Å². The van der Waals surface area contributed by atoms with Gasteiger partial charge >= 0.3 is 0 Å². The van der Waals surface area contributed by atoms with Crippen LogP contribution in [-0.2, 0) is 0 Å². The first kappa shape index (κ1) is 9.26. The lowest BCUT2D eigenvalue weighted by Gasteiger charge is -2.15. The van der Waals surface area contributed by atoms with Crippen molar-refractivity contribution in [3.8, 4) is 12.3 Å². The molecule has 0 unspecified atom stereocenters. The molecule has 1 aromatic rings. The largest absolute Gasteiger partial charge is 0.348 e. The molecule has 62 valence electrons. The van der Waals surface area contributed by atoms with Crippen LogP contribution in [-0.4, -0.2) is 23.6 Å². The topological polar surface area (TPSA) is 29.0 Å². The first-order valence-electron chi connectivity index (χ1n) is 3.36. The van der Waals surface area contributed by atoms with Crippen molar-refractivity contribution in [3.63, 3.8) is 0 Å². The normalized spacial score (nSPS) is 9.08. The number of halogens is 1. The van der Waals surface area contributed by atoms with E-state index < -0.39 is 0 Å². The van der Waals surface area contributed by atoms with E-state index in [1.54, 1.807) is 6.20 Å². The summed E-state index contributed by atoms with van der Waals surface area (Å²) in [6.45, 7) is 0.563. The molecule has 4 heteroatoms. The fraction of sp³-hybridized carbons (Fsp3) is 0.250. The third-order valence-corrected chi connectivity index (χ3v) is 2.10. The molecule has 0 aromatic carbocycles. The third kappa shape index (κ3) is 2.08. The van der Waals surface area contributed by atoms with E-state index in [0.29, 0.717) is 6.54 Å². The fourth-order valence-electron chi connectivity index (χ4n) is 0.799. The Bertz CT molecular complexity index is 305. The third-order valence-electron chi connectivity index (χ3n) is 1.34. The first-order valence-corrected chi connectivity index (χ1v) is 4.43. The van der Waals surface area contributed by atoms with Gasteiger partial charge in [0.1, 0.15) is 12.1 Å². The van der Waals surface area contributed by atoms with Crippen LogP contribution in [0.1, 0.15) is 0 Å². The van der Waals surface area contributed by atoms with Crippen molar-refractivity contribution in [3.05, 3.63) is 16.1 Å². The molecule has 0 radical (unpaired) electrons. The van der Waals surface area contributed by atoms with Crippen LogP contribution in [0.3, 0.4) is 0 Å². The second-order valence-electron chi connectivity index (χ2n) is 2.25. The number of anilines is 1. The van der Waals surface area contributed by atoms with Crippen LogP contribution in [0, 0.1) is 15.9 Å². The van der Waals surface area contributed by atoms with Crippen molar-refractivity contribution in [1.82, 2.24) is 9.97 Å². The Hall–Kier alpha value is -0.830. The van der Waals surface area contributed by atoms with Gasteiger partial charge in [-0.15, -0.1) is 6.42 Å². The highest BCUT2D eigenvalue weighted by Crippen LogP contribution is 2.15. The van der Waals surface area contributed by atoms with Gasteiger partial charge in [-0.1, -0.05) is 5.92 Å². The van der Waals surface area contributed by atoms with Gasteiger partial charge in [-0.05, 0) is 22.6 Å². The Balaban J connectivity index is 2.88. The quantitative estimate of drug-likeness (QED) is 0.598. The van der Waals surface area contributed by atoms with E-state index in [2.05, 4.69) is 38.5 Å². The maximum atomic E-state index is 5.18. The molecule has 0 saturated carbocycles. The summed E-state index contributed by atoms with van der Waals surface area (Å²) < 4.78 is 1.01. The van der Waals surface area contributed by atoms with Gasteiger partial charge in [0.05, 0.1) is 10.1 Å². The molecule has 0 fully saturated rings. The van der Waals surface area contributed by atoms with E-state index >= 15 is 0 Å². The Morgan fingerprint density at radius 3 is 3.08 bits per heavy atom. The molecule has 1 aromatic heterocycles. The minimum atomic E-state index is 0.563. The van der Waals surface area contributed by atoms with Crippen LogP contribution < -0.4 is 4.90 Å². The number of terminal acetylenes is 1. The maximum Gasteiger partial charge on any atom is 0.145 e. The molecule has 0 bridgehead atoms. The molecule has 0 atom stereocenters. The van der Waals surface area contributed by atoms with Gasteiger partial charge in [0.2, 0.25) is 0 Å². The molecule has 3 nitrogen and oxygen atoms in total. The number of aromatic nitrogens is 2. The van der Waals surface area contributed by atoms with Crippen LogP contribution in [0.4, 0.5) is 5.82 Å². The average Bonchev–Trinajstić information content (AvgIpc) is 2.05. The van der Waals surface area contributed by atoms with Crippen molar-refractivity contribution in [2.45, 2.75) is 0 Å². The molecule has 0 N–H and O–H groups in total. The number of rotatable bonds is 2. The number of hydrogen-bond acceptors (Lipinski definition) is 3. The monoisotopic (exact) mass is 273 g/mol. The standard InChI is InChI=1S/C8H8IN3/c1-3-4-12(2)8-7(9)5-10-6-11-8/h1,5-6H,4H2,2H3. The molecule has 0 amide bonds. The fourth-order valence-corrected chi connectivity index (χ4v) is 1.51. The van der Waals surface area contributed by atoms with Crippen LogP contribution in [0.15, 0.2) is 12.5 Å². The van der Waals surface area contributed by atoms with Crippen LogP contribution in [0.2, 0.25) is 0 Å². The molecule has 1 rings (SSSR count). The van der Waals surface area contributed by atoms with Crippen molar-refractivity contribution < 1.29 is 0 Å². The Labute approximate surface area is 85.4 Å². The zero-order chi connectivity index (χ0) is 8.97. The van der Waals surface area contributed by atoms with Crippen molar-refractivity contribution in [2.24, 2.45) is 0 Å². The summed E-state index contributed by atoms with van der Waals surface area (Å²) in [5.74, 6) is 3.43. The van der Waals surface area contributed by atoms with E-state index in [4.69, 9.17) is 6.42 Å². The molecule has 12 heavy (non-hydrogen) atoms. The molecule has 1 heterocycles. The smallest absolute Gasteiger partial charge is 0.145 e. The SMILES string of the molecule is C#CCN(C)c1ncncc1I. The lowest BCUT2D eigenvalue weighted by atomic mass is 10.5. The summed E-state index contributed by atoms with van der Waals surface area (Å²) in [5.41, 5.74) is 0. The lowest BCUT2D eigenvalue weighted by molar-refractivity contribution is 0.979. The highest BCUT2D eigenvalue weighted by molar-refractivity contribution is 14.1. The molecular weight excluding hydrogens is 265 g/mol. The maximum absolute atomic E-state index is 5.18. The van der Waals surface area contributed by atoms with Gasteiger partial charge < -0.3 is 4.90 Å². The van der Waals surface area contributed by atoms with E-state index in [1.165, 1.54) is 6.33 Å². The molecule has 0 saturated heterocycles. The second kappa shape index (κ2) is 4.26. The van der Waals surface area contributed by atoms with Gasteiger partial charge in [-0.3, -0.25) is 0 Å². The molecule has 0 spiro atoms. The minimum absolute atomic E-state index is 0.563. The van der Waals surface area contributed by atoms with E-state index in [-0.39, 0.29) is 0 Å². The van der Waals surface area contributed by atoms with Crippen LogP contribution >= 0.6 is 22.6 Å². The van der Waals surface area contributed by atoms with Gasteiger partial charge in [0, 0.05) is 13.2 Å². The van der Waals surface area contributed by atoms with Crippen molar-refractivity contribution in [2.75, 3.05) is 18.5 Å². The van der Waals surface area contributed by atoms with Gasteiger partial charge in [0.15, 0.2) is 0 Å². The summed E-state index contributed by atoms with van der Waals surface area (Å²) in [4.78, 5) is 9.91. The summed E-state index contributed by atoms with van der Waals surface area (Å²) in [5, 5.41) is 0.